The Balaban J connectivity index is 0.00000256. The Kier molecular flexibility index (Phi) is 7.96. The van der Waals surface area contributed by atoms with Gasteiger partial charge in [-0.3, -0.25) is 0 Å². The number of hydrogen-bond donors (Lipinski definition) is 0. The fourth-order valence-corrected chi connectivity index (χ4v) is 3.66. The van der Waals surface area contributed by atoms with E-state index in [0.29, 0.717) is 0 Å². The van der Waals surface area contributed by atoms with E-state index in [4.69, 9.17) is 9.15 Å². The van der Waals surface area contributed by atoms with Gasteiger partial charge in [-0.2, -0.15) is 4.57 Å². The smallest absolute Gasteiger partial charge is 0.374 e. The number of anilines is 1. The molecular weight excluding hydrogens is 487 g/mol. The lowest BCUT2D eigenvalue weighted by atomic mass is 10.2. The molecule has 0 radical (unpaired) electrons. The van der Waals surface area contributed by atoms with E-state index < -0.39 is 0 Å². The van der Waals surface area contributed by atoms with E-state index in [1.165, 1.54) is 0 Å². The molecule has 158 valence electrons. The molecule has 4 rings (SSSR count). The molecule has 1 aromatic heterocycles. The molecule has 0 N–H and O–H groups in total. The summed E-state index contributed by atoms with van der Waals surface area (Å²) in [6.45, 7) is 6.33. The van der Waals surface area contributed by atoms with Gasteiger partial charge in [0, 0.05) is 19.0 Å². The van der Waals surface area contributed by atoms with E-state index in [2.05, 4.69) is 47.6 Å². The van der Waals surface area contributed by atoms with Crippen molar-refractivity contribution in [3.63, 3.8) is 0 Å². The van der Waals surface area contributed by atoms with Crippen molar-refractivity contribution in [1.82, 2.24) is 0 Å². The summed E-state index contributed by atoms with van der Waals surface area (Å²) in [4.78, 5) is 2.26. The summed E-state index contributed by atoms with van der Waals surface area (Å²) in [5.41, 5.74) is 3.20. The second kappa shape index (κ2) is 10.7. The summed E-state index contributed by atoms with van der Waals surface area (Å²) in [6, 6.07) is 16.4. The first kappa shape index (κ1) is 22.4. The van der Waals surface area contributed by atoms with Gasteiger partial charge in [0.15, 0.2) is 12.3 Å². The zero-order chi connectivity index (χ0) is 20.1. The van der Waals surface area contributed by atoms with Gasteiger partial charge in [-0.05, 0) is 36.8 Å². The van der Waals surface area contributed by atoms with Gasteiger partial charge in [0.2, 0.25) is 11.5 Å². The van der Waals surface area contributed by atoms with Crippen molar-refractivity contribution in [1.29, 1.82) is 0 Å². The number of nitrogens with zero attached hydrogens (tertiary/aromatic N) is 2. The molecule has 3 aromatic rings. The Morgan fingerprint density at radius 2 is 1.73 bits per heavy atom. The van der Waals surface area contributed by atoms with Crippen LogP contribution < -0.4 is 38.2 Å². The minimum absolute atomic E-state index is 0. The lowest BCUT2D eigenvalue weighted by molar-refractivity contribution is -0.678. The molecule has 0 saturated heterocycles. The predicted octanol–water partition coefficient (Wildman–Crippen LogP) is 3.08. The van der Waals surface area contributed by atoms with Gasteiger partial charge in [0.05, 0.1) is 11.8 Å². The molecule has 0 spiro atoms. The zero-order valence-corrected chi connectivity index (χ0v) is 19.8. The number of rotatable bonds is 8. The van der Waals surface area contributed by atoms with Crippen LogP contribution in [0.15, 0.2) is 71.0 Å². The number of oxazole rings is 1. The van der Waals surface area contributed by atoms with Crippen LogP contribution in [0.3, 0.4) is 0 Å². The highest BCUT2D eigenvalue weighted by molar-refractivity contribution is 5.70. The second-order valence-corrected chi connectivity index (χ2v) is 7.35. The van der Waals surface area contributed by atoms with Gasteiger partial charge >= 0.3 is 5.89 Å². The maximum absolute atomic E-state index is 6.11. The number of aryl methyl sites for hydroxylation is 1. The number of allylic oxidation sites excluding steroid dienone is 2. The minimum Gasteiger partial charge on any atom is -1.00 e. The van der Waals surface area contributed by atoms with Crippen LogP contribution in [0.4, 0.5) is 5.69 Å². The summed E-state index contributed by atoms with van der Waals surface area (Å²) in [5.74, 6) is 2.66. The van der Waals surface area contributed by atoms with Crippen LogP contribution in [0.25, 0.3) is 17.2 Å². The molecule has 0 aliphatic carbocycles. The number of benzene rings is 2. The van der Waals surface area contributed by atoms with Crippen LogP contribution in [0.5, 0.6) is 5.75 Å². The highest BCUT2D eigenvalue weighted by atomic mass is 127. The molecule has 0 unspecified atom stereocenters. The maximum atomic E-state index is 6.11. The summed E-state index contributed by atoms with van der Waals surface area (Å²) in [5, 5.41) is 0. The molecule has 1 aliphatic rings. The zero-order valence-electron chi connectivity index (χ0n) is 17.7. The first-order valence-electron chi connectivity index (χ1n) is 10.7. The second-order valence-electron chi connectivity index (χ2n) is 7.35. The SMILES string of the molecule is CCCCN1/C(=C/C=C/c2oc3ccccc3[n+]2CCCC)Oc2ccccc21.[I-]. The number of aromatic nitrogens is 1. The van der Waals surface area contributed by atoms with Crippen LogP contribution in [0, 0.1) is 0 Å². The molecule has 2 aromatic carbocycles. The third-order valence-electron chi connectivity index (χ3n) is 5.22. The van der Waals surface area contributed by atoms with Crippen LogP contribution in [0.2, 0.25) is 0 Å². The first-order chi connectivity index (χ1) is 14.3. The Labute approximate surface area is 195 Å². The summed E-state index contributed by atoms with van der Waals surface area (Å²) >= 11 is 0. The molecule has 0 saturated carbocycles. The highest BCUT2D eigenvalue weighted by Gasteiger charge is 2.25. The number of para-hydroxylation sites is 4. The van der Waals surface area contributed by atoms with E-state index in [0.717, 1.165) is 73.1 Å². The number of unbranched alkanes of at least 4 members (excludes halogenated alkanes) is 2. The molecule has 2 heterocycles. The molecule has 4 nitrogen and oxygen atoms in total. The monoisotopic (exact) mass is 516 g/mol. The molecule has 0 atom stereocenters. The predicted molar refractivity (Wildman–Crippen MR) is 118 cm³/mol. The Morgan fingerprint density at radius 3 is 2.57 bits per heavy atom. The Morgan fingerprint density at radius 1 is 0.967 bits per heavy atom. The minimum atomic E-state index is 0. The van der Waals surface area contributed by atoms with Crippen molar-refractivity contribution in [2.75, 3.05) is 11.4 Å². The quantitative estimate of drug-likeness (QED) is 0.341. The molecule has 1 aliphatic heterocycles. The lowest BCUT2D eigenvalue weighted by Crippen LogP contribution is -3.00. The van der Waals surface area contributed by atoms with Crippen LogP contribution in [-0.4, -0.2) is 6.54 Å². The average molecular weight is 516 g/mol. The molecule has 0 amide bonds. The summed E-state index contributed by atoms with van der Waals surface area (Å²) in [6.07, 6.45) is 10.6. The number of ether oxygens (including phenoxy) is 1. The fourth-order valence-electron chi connectivity index (χ4n) is 3.66. The largest absolute Gasteiger partial charge is 1.00 e. The van der Waals surface area contributed by atoms with Gasteiger partial charge in [-0.15, -0.1) is 0 Å². The van der Waals surface area contributed by atoms with Crippen molar-refractivity contribution in [2.24, 2.45) is 0 Å². The van der Waals surface area contributed by atoms with Gasteiger partial charge in [-0.1, -0.05) is 51.0 Å². The third kappa shape index (κ3) is 4.72. The van der Waals surface area contributed by atoms with E-state index in [9.17, 15) is 0 Å². The van der Waals surface area contributed by atoms with E-state index in [1.54, 1.807) is 0 Å². The van der Waals surface area contributed by atoms with Gasteiger partial charge in [0.25, 0.3) is 5.52 Å². The average Bonchev–Trinajstić information content (AvgIpc) is 3.28. The number of halogens is 1. The van der Waals surface area contributed by atoms with Crippen molar-refractivity contribution < 1.29 is 37.7 Å². The molecule has 0 fully saturated rings. The van der Waals surface area contributed by atoms with Crippen LogP contribution in [-0.2, 0) is 6.54 Å². The molecule has 0 bridgehead atoms. The van der Waals surface area contributed by atoms with Crippen LogP contribution in [0.1, 0.15) is 45.4 Å². The Bertz CT molecular complexity index is 1040. The highest BCUT2D eigenvalue weighted by Crippen LogP contribution is 2.38. The van der Waals surface area contributed by atoms with Crippen LogP contribution >= 0.6 is 0 Å². The fraction of sp³-hybridized carbons (Fsp3) is 0.320. The van der Waals surface area contributed by atoms with Crippen molar-refractivity contribution in [3.8, 4) is 5.75 Å². The topological polar surface area (TPSA) is 29.5 Å². The maximum Gasteiger partial charge on any atom is 0.374 e. The van der Waals surface area contributed by atoms with E-state index in [1.807, 2.05) is 42.5 Å². The van der Waals surface area contributed by atoms with Crippen molar-refractivity contribution in [3.05, 3.63) is 72.5 Å². The molecule has 5 heteroatoms. The number of fused-ring (bicyclic) bond motifs is 2. The summed E-state index contributed by atoms with van der Waals surface area (Å²) in [7, 11) is 0. The van der Waals surface area contributed by atoms with Gasteiger partial charge < -0.3 is 38.0 Å². The number of hydrogen-bond acceptors (Lipinski definition) is 3. The van der Waals surface area contributed by atoms with E-state index in [-0.39, 0.29) is 24.0 Å². The Hall–Kier alpha value is -2.28. The molecule has 30 heavy (non-hydrogen) atoms. The lowest BCUT2D eigenvalue weighted by Gasteiger charge is -2.17. The van der Waals surface area contributed by atoms with Gasteiger partial charge in [-0.25, -0.2) is 0 Å². The first-order valence-corrected chi connectivity index (χ1v) is 10.7. The van der Waals surface area contributed by atoms with Gasteiger partial charge in [0.1, 0.15) is 0 Å². The van der Waals surface area contributed by atoms with E-state index >= 15 is 0 Å². The third-order valence-corrected chi connectivity index (χ3v) is 5.22. The summed E-state index contributed by atoms with van der Waals surface area (Å²) < 4.78 is 14.5. The van der Waals surface area contributed by atoms with Crippen molar-refractivity contribution >= 4 is 22.9 Å². The standard InChI is InChI=1S/C25H29N2O2.HI/c1-3-5-18-26-20-12-7-9-14-22(20)28-24(26)16-11-17-25-27(19-6-4-2)21-13-8-10-15-23(21)29-25;/h7-17H,3-6,18-19H2,1-2H3;1H/q+1;/p-1. The normalized spacial score (nSPS) is 14.3. The molecular formula is C25H29IN2O2. The van der Waals surface area contributed by atoms with Crippen molar-refractivity contribution in [2.45, 2.75) is 46.1 Å².